The molecule has 0 aliphatic rings. The van der Waals surface area contributed by atoms with Crippen molar-refractivity contribution in [3.8, 4) is 11.5 Å². The van der Waals surface area contributed by atoms with Crippen molar-refractivity contribution in [2.45, 2.75) is 25.8 Å². The summed E-state index contributed by atoms with van der Waals surface area (Å²) >= 11 is 0. The normalized spacial score (nSPS) is 12.0. The van der Waals surface area contributed by atoms with E-state index in [1.165, 1.54) is 0 Å². The van der Waals surface area contributed by atoms with Gasteiger partial charge in [0.05, 0.1) is 20.3 Å². The highest BCUT2D eigenvalue weighted by atomic mass is 16.5. The second kappa shape index (κ2) is 9.44. The predicted molar refractivity (Wildman–Crippen MR) is 81.7 cm³/mol. The molecule has 0 fully saturated rings. The van der Waals surface area contributed by atoms with E-state index in [0.29, 0.717) is 19.8 Å². The van der Waals surface area contributed by atoms with Crippen molar-refractivity contribution in [3.05, 3.63) is 18.2 Å². The second-order valence-electron chi connectivity index (χ2n) is 4.53. The Morgan fingerprint density at radius 3 is 2.65 bits per heavy atom. The van der Waals surface area contributed by atoms with Crippen molar-refractivity contribution in [3.63, 3.8) is 0 Å². The number of ether oxygens (including phenoxy) is 3. The zero-order chi connectivity index (χ0) is 14.8. The first-order valence-electron chi connectivity index (χ1n) is 7.01. The summed E-state index contributed by atoms with van der Waals surface area (Å²) in [6.07, 6.45) is 1.94. The molecule has 0 bridgehead atoms. The molecule has 20 heavy (non-hydrogen) atoms. The first kappa shape index (κ1) is 16.6. The summed E-state index contributed by atoms with van der Waals surface area (Å²) in [6, 6.07) is 6.08. The SMILES string of the molecule is CCOc1ccc(NC(CCCN)COC)cc1OC. The lowest BCUT2D eigenvalue weighted by Crippen LogP contribution is -2.25. The van der Waals surface area contributed by atoms with Crippen LogP contribution in [0.3, 0.4) is 0 Å². The maximum absolute atomic E-state index is 5.56. The van der Waals surface area contributed by atoms with E-state index in [2.05, 4.69) is 5.32 Å². The molecule has 0 heterocycles. The molecule has 1 aromatic carbocycles. The molecule has 0 aliphatic carbocycles. The fraction of sp³-hybridized carbons (Fsp3) is 0.600. The highest BCUT2D eigenvalue weighted by Gasteiger charge is 2.10. The maximum atomic E-state index is 5.56. The van der Waals surface area contributed by atoms with Crippen LogP contribution in [0.4, 0.5) is 5.69 Å². The molecule has 5 heteroatoms. The van der Waals surface area contributed by atoms with Crippen LogP contribution in [0.5, 0.6) is 11.5 Å². The van der Waals surface area contributed by atoms with Gasteiger partial charge in [-0.05, 0) is 38.4 Å². The number of rotatable bonds is 10. The monoisotopic (exact) mass is 282 g/mol. The molecule has 1 rings (SSSR count). The highest BCUT2D eigenvalue weighted by Crippen LogP contribution is 2.30. The number of anilines is 1. The number of hydrogen-bond acceptors (Lipinski definition) is 5. The lowest BCUT2D eigenvalue weighted by Gasteiger charge is -2.20. The molecule has 0 aliphatic heterocycles. The zero-order valence-electron chi connectivity index (χ0n) is 12.6. The number of nitrogens with one attached hydrogen (secondary N) is 1. The average molecular weight is 282 g/mol. The van der Waals surface area contributed by atoms with Crippen LogP contribution in [0, 0.1) is 0 Å². The second-order valence-corrected chi connectivity index (χ2v) is 4.53. The number of benzene rings is 1. The van der Waals surface area contributed by atoms with Gasteiger partial charge in [0.15, 0.2) is 11.5 Å². The van der Waals surface area contributed by atoms with Gasteiger partial charge in [-0.2, -0.15) is 0 Å². The number of nitrogens with two attached hydrogens (primary N) is 1. The molecule has 5 nitrogen and oxygen atoms in total. The van der Waals surface area contributed by atoms with E-state index >= 15 is 0 Å². The third-order valence-corrected chi connectivity index (χ3v) is 2.96. The van der Waals surface area contributed by atoms with Gasteiger partial charge >= 0.3 is 0 Å². The van der Waals surface area contributed by atoms with Gasteiger partial charge in [-0.1, -0.05) is 0 Å². The Kier molecular flexibility index (Phi) is 7.84. The lowest BCUT2D eigenvalue weighted by atomic mass is 10.1. The standard InChI is InChI=1S/C15H26N2O3/c1-4-20-14-8-7-12(10-15(14)19-3)17-13(11-18-2)6-5-9-16/h7-8,10,13,17H,4-6,9,11,16H2,1-3H3. The fourth-order valence-corrected chi connectivity index (χ4v) is 2.03. The van der Waals surface area contributed by atoms with Gasteiger partial charge in [-0.3, -0.25) is 0 Å². The van der Waals surface area contributed by atoms with E-state index in [1.807, 2.05) is 25.1 Å². The molecule has 0 aromatic heterocycles. The molecule has 0 spiro atoms. The summed E-state index contributed by atoms with van der Waals surface area (Å²) in [5.41, 5.74) is 6.55. The van der Waals surface area contributed by atoms with Crippen LogP contribution in [-0.2, 0) is 4.74 Å². The molecule has 1 atom stereocenters. The third kappa shape index (κ3) is 5.27. The molecule has 0 radical (unpaired) electrons. The predicted octanol–water partition coefficient (Wildman–Crippen LogP) is 2.26. The summed E-state index contributed by atoms with van der Waals surface area (Å²) in [7, 11) is 3.35. The van der Waals surface area contributed by atoms with E-state index in [9.17, 15) is 0 Å². The van der Waals surface area contributed by atoms with Gasteiger partial charge in [0.2, 0.25) is 0 Å². The van der Waals surface area contributed by atoms with E-state index in [4.69, 9.17) is 19.9 Å². The average Bonchev–Trinajstić information content (AvgIpc) is 2.46. The van der Waals surface area contributed by atoms with Crippen molar-refractivity contribution in [2.24, 2.45) is 5.73 Å². The van der Waals surface area contributed by atoms with E-state index in [-0.39, 0.29) is 6.04 Å². The number of methoxy groups -OCH3 is 2. The Morgan fingerprint density at radius 1 is 1.25 bits per heavy atom. The maximum Gasteiger partial charge on any atom is 0.162 e. The van der Waals surface area contributed by atoms with Crippen LogP contribution in [0.15, 0.2) is 18.2 Å². The van der Waals surface area contributed by atoms with Gasteiger partial charge in [-0.15, -0.1) is 0 Å². The summed E-state index contributed by atoms with van der Waals surface area (Å²) in [5.74, 6) is 1.48. The molecule has 1 aromatic rings. The summed E-state index contributed by atoms with van der Waals surface area (Å²) in [5, 5.41) is 3.44. The molecular weight excluding hydrogens is 256 g/mol. The topological polar surface area (TPSA) is 65.7 Å². The molecule has 0 amide bonds. The minimum Gasteiger partial charge on any atom is -0.493 e. The molecule has 0 saturated carbocycles. The van der Waals surface area contributed by atoms with Gasteiger partial charge in [0.25, 0.3) is 0 Å². The first-order valence-corrected chi connectivity index (χ1v) is 7.01. The van der Waals surface area contributed by atoms with Crippen molar-refractivity contribution < 1.29 is 14.2 Å². The minimum atomic E-state index is 0.242. The van der Waals surface area contributed by atoms with Crippen LogP contribution in [0.1, 0.15) is 19.8 Å². The van der Waals surface area contributed by atoms with Gasteiger partial charge in [0, 0.05) is 24.9 Å². The lowest BCUT2D eigenvalue weighted by molar-refractivity contribution is 0.182. The van der Waals surface area contributed by atoms with Crippen molar-refractivity contribution in [2.75, 3.05) is 39.3 Å². The molecular formula is C15H26N2O3. The fourth-order valence-electron chi connectivity index (χ4n) is 2.03. The quantitative estimate of drug-likeness (QED) is 0.689. The Morgan fingerprint density at radius 2 is 2.05 bits per heavy atom. The molecule has 1 unspecified atom stereocenters. The van der Waals surface area contributed by atoms with E-state index < -0.39 is 0 Å². The van der Waals surface area contributed by atoms with Crippen molar-refractivity contribution in [1.29, 1.82) is 0 Å². The molecule has 114 valence electrons. The smallest absolute Gasteiger partial charge is 0.162 e. The Balaban J connectivity index is 2.73. The highest BCUT2D eigenvalue weighted by molar-refractivity contribution is 5.55. The van der Waals surface area contributed by atoms with Gasteiger partial charge in [-0.25, -0.2) is 0 Å². The van der Waals surface area contributed by atoms with Gasteiger partial charge in [0.1, 0.15) is 0 Å². The van der Waals surface area contributed by atoms with Crippen LogP contribution >= 0.6 is 0 Å². The van der Waals surface area contributed by atoms with E-state index in [0.717, 1.165) is 30.0 Å². The molecule has 0 saturated heterocycles. The Hall–Kier alpha value is -1.46. The largest absolute Gasteiger partial charge is 0.493 e. The Bertz CT molecular complexity index is 385. The summed E-state index contributed by atoms with van der Waals surface area (Å²) in [4.78, 5) is 0. The summed E-state index contributed by atoms with van der Waals surface area (Å²) < 4.78 is 16.1. The van der Waals surface area contributed by atoms with Crippen molar-refractivity contribution in [1.82, 2.24) is 0 Å². The first-order chi connectivity index (χ1) is 9.74. The third-order valence-electron chi connectivity index (χ3n) is 2.96. The molecule has 3 N–H and O–H groups in total. The summed E-state index contributed by atoms with van der Waals surface area (Å²) in [6.45, 7) is 3.91. The van der Waals surface area contributed by atoms with Crippen LogP contribution in [-0.4, -0.2) is 40.0 Å². The minimum absolute atomic E-state index is 0.242. The number of hydrogen-bond donors (Lipinski definition) is 2. The van der Waals surface area contributed by atoms with E-state index in [1.54, 1.807) is 14.2 Å². The van der Waals surface area contributed by atoms with Crippen LogP contribution < -0.4 is 20.5 Å². The van der Waals surface area contributed by atoms with Crippen LogP contribution in [0.25, 0.3) is 0 Å². The van der Waals surface area contributed by atoms with Crippen LogP contribution in [0.2, 0.25) is 0 Å². The van der Waals surface area contributed by atoms with Gasteiger partial charge < -0.3 is 25.3 Å². The zero-order valence-corrected chi connectivity index (χ0v) is 12.6. The Labute approximate surface area is 121 Å². The van der Waals surface area contributed by atoms with Crippen molar-refractivity contribution >= 4 is 5.69 Å².